The third-order valence-electron chi connectivity index (χ3n) is 2.57. The van der Waals surface area contributed by atoms with E-state index < -0.39 is 10.8 Å². The number of hydrogen-bond donors (Lipinski definition) is 1. The van der Waals surface area contributed by atoms with E-state index in [2.05, 4.69) is 10.3 Å². The van der Waals surface area contributed by atoms with E-state index in [4.69, 9.17) is 11.6 Å². The fourth-order valence-corrected chi connectivity index (χ4v) is 1.79. The molecule has 0 aliphatic rings. The Morgan fingerprint density at radius 3 is 2.62 bits per heavy atom. The summed E-state index contributed by atoms with van der Waals surface area (Å²) in [6, 6.07) is 6.49. The first-order chi connectivity index (χ1) is 10.0. The molecule has 7 nitrogen and oxygen atoms in total. The minimum absolute atomic E-state index is 0.0359. The lowest BCUT2D eigenvalue weighted by atomic mass is 10.2. The number of nitrogens with one attached hydrogen (secondary N) is 1. The summed E-state index contributed by atoms with van der Waals surface area (Å²) in [6.07, 6.45) is 1.94. The average molecular weight is 306 g/mol. The molecule has 0 bridgehead atoms. The maximum atomic E-state index is 12.0. The lowest BCUT2D eigenvalue weighted by Crippen LogP contribution is -2.13. The van der Waals surface area contributed by atoms with E-state index in [1.54, 1.807) is 0 Å². The van der Waals surface area contributed by atoms with Gasteiger partial charge in [0.15, 0.2) is 6.29 Å². The Labute approximate surface area is 123 Å². The molecule has 2 aromatic rings. The Hall–Kier alpha value is -2.80. The maximum Gasteiger partial charge on any atom is 0.270 e. The summed E-state index contributed by atoms with van der Waals surface area (Å²) < 4.78 is 0. The normalized spacial score (nSPS) is 9.95. The minimum atomic E-state index is -0.604. The monoisotopic (exact) mass is 305 g/mol. The molecule has 106 valence electrons. The van der Waals surface area contributed by atoms with Crippen LogP contribution >= 0.6 is 11.6 Å². The smallest absolute Gasteiger partial charge is 0.270 e. The number of pyridine rings is 1. The van der Waals surface area contributed by atoms with Crippen molar-refractivity contribution in [2.45, 2.75) is 0 Å². The molecule has 0 aliphatic carbocycles. The highest BCUT2D eigenvalue weighted by atomic mass is 35.5. The summed E-state index contributed by atoms with van der Waals surface area (Å²) in [6.45, 7) is 0. The van der Waals surface area contributed by atoms with E-state index in [0.29, 0.717) is 11.8 Å². The van der Waals surface area contributed by atoms with Gasteiger partial charge >= 0.3 is 0 Å². The van der Waals surface area contributed by atoms with Crippen molar-refractivity contribution >= 4 is 35.3 Å². The van der Waals surface area contributed by atoms with Crippen molar-refractivity contribution in [2.75, 3.05) is 5.32 Å². The van der Waals surface area contributed by atoms with Crippen LogP contribution < -0.4 is 5.32 Å². The second-order valence-corrected chi connectivity index (χ2v) is 4.38. The summed E-state index contributed by atoms with van der Waals surface area (Å²) in [7, 11) is 0. The lowest BCUT2D eigenvalue weighted by molar-refractivity contribution is -0.384. The number of amides is 1. The number of halogens is 1. The lowest BCUT2D eigenvalue weighted by Gasteiger charge is -2.06. The third-order valence-corrected chi connectivity index (χ3v) is 2.88. The van der Waals surface area contributed by atoms with Gasteiger partial charge in [-0.25, -0.2) is 4.98 Å². The standard InChI is InChI=1S/C13H8ClN3O4/c14-11-5-9(17(20)21)2-3-10(11)13(19)16-12-4-1-8(7-18)6-15-12/h1-7H,(H,15,16,19). The second kappa shape index (κ2) is 6.10. The Kier molecular flexibility index (Phi) is 4.24. The highest BCUT2D eigenvalue weighted by Crippen LogP contribution is 2.23. The van der Waals surface area contributed by atoms with Crippen LogP contribution in [0.25, 0.3) is 0 Å². The van der Waals surface area contributed by atoms with Crippen LogP contribution in [0.3, 0.4) is 0 Å². The number of carbonyl (C=O) groups is 2. The summed E-state index contributed by atoms with van der Waals surface area (Å²) in [5.74, 6) is -0.318. The first kappa shape index (κ1) is 14.6. The van der Waals surface area contributed by atoms with E-state index in [9.17, 15) is 19.7 Å². The quantitative estimate of drug-likeness (QED) is 0.531. The molecular formula is C13H8ClN3O4. The van der Waals surface area contributed by atoms with Gasteiger partial charge in [0.2, 0.25) is 0 Å². The van der Waals surface area contributed by atoms with Gasteiger partial charge in [0.05, 0.1) is 15.5 Å². The highest BCUT2D eigenvalue weighted by Gasteiger charge is 2.15. The van der Waals surface area contributed by atoms with Crippen LogP contribution in [0.1, 0.15) is 20.7 Å². The molecule has 0 unspecified atom stereocenters. The summed E-state index contributed by atoms with van der Waals surface area (Å²) in [5, 5.41) is 13.0. The third kappa shape index (κ3) is 3.40. The van der Waals surface area contributed by atoms with Gasteiger partial charge in [-0.1, -0.05) is 11.6 Å². The van der Waals surface area contributed by atoms with Crippen LogP contribution in [0.2, 0.25) is 5.02 Å². The van der Waals surface area contributed by atoms with Crippen molar-refractivity contribution in [2.24, 2.45) is 0 Å². The highest BCUT2D eigenvalue weighted by molar-refractivity contribution is 6.34. The summed E-state index contributed by atoms with van der Waals surface area (Å²) >= 11 is 5.85. The van der Waals surface area contributed by atoms with Gasteiger partial charge in [0.1, 0.15) is 5.82 Å². The summed E-state index contributed by atoms with van der Waals surface area (Å²) in [4.78, 5) is 36.4. The molecule has 0 saturated heterocycles. The zero-order valence-corrected chi connectivity index (χ0v) is 11.2. The first-order valence-electron chi connectivity index (χ1n) is 5.68. The number of benzene rings is 1. The van der Waals surface area contributed by atoms with Crippen LogP contribution in [0, 0.1) is 10.1 Å². The van der Waals surface area contributed by atoms with Crippen molar-refractivity contribution < 1.29 is 14.5 Å². The molecule has 0 saturated carbocycles. The molecule has 8 heteroatoms. The Morgan fingerprint density at radius 2 is 2.10 bits per heavy atom. The molecule has 0 aliphatic heterocycles. The number of aromatic nitrogens is 1. The molecule has 1 heterocycles. The van der Waals surface area contributed by atoms with Crippen molar-refractivity contribution in [3.63, 3.8) is 0 Å². The van der Waals surface area contributed by atoms with Crippen LogP contribution in [-0.4, -0.2) is 22.1 Å². The van der Waals surface area contributed by atoms with E-state index in [0.717, 1.165) is 6.07 Å². The van der Waals surface area contributed by atoms with Crippen LogP contribution in [0.15, 0.2) is 36.5 Å². The van der Waals surface area contributed by atoms with E-state index in [-0.39, 0.29) is 22.1 Å². The van der Waals surface area contributed by atoms with Crippen molar-refractivity contribution in [1.29, 1.82) is 0 Å². The maximum absolute atomic E-state index is 12.0. The van der Waals surface area contributed by atoms with Gasteiger partial charge in [-0.2, -0.15) is 0 Å². The number of hydrogen-bond acceptors (Lipinski definition) is 5. The van der Waals surface area contributed by atoms with Crippen molar-refractivity contribution in [3.05, 3.63) is 62.8 Å². The molecule has 1 N–H and O–H groups in total. The number of rotatable bonds is 4. The summed E-state index contributed by atoms with van der Waals surface area (Å²) in [5.41, 5.74) is 0.259. The first-order valence-corrected chi connectivity index (χ1v) is 6.05. The predicted octanol–water partition coefficient (Wildman–Crippen LogP) is 2.71. The van der Waals surface area contributed by atoms with Gasteiger partial charge in [-0.15, -0.1) is 0 Å². The molecule has 1 aromatic carbocycles. The average Bonchev–Trinajstić information content (AvgIpc) is 2.47. The molecule has 0 radical (unpaired) electrons. The van der Waals surface area contributed by atoms with Gasteiger partial charge in [0.25, 0.3) is 11.6 Å². The topological polar surface area (TPSA) is 102 Å². The van der Waals surface area contributed by atoms with Crippen molar-refractivity contribution in [1.82, 2.24) is 4.98 Å². The Morgan fingerprint density at radius 1 is 1.33 bits per heavy atom. The zero-order chi connectivity index (χ0) is 15.4. The van der Waals surface area contributed by atoms with Gasteiger partial charge in [0, 0.05) is 23.9 Å². The molecule has 21 heavy (non-hydrogen) atoms. The fraction of sp³-hybridized carbons (Fsp3) is 0. The minimum Gasteiger partial charge on any atom is -0.307 e. The predicted molar refractivity (Wildman–Crippen MR) is 75.7 cm³/mol. The molecule has 0 atom stereocenters. The molecule has 1 aromatic heterocycles. The van der Waals surface area contributed by atoms with Gasteiger partial charge < -0.3 is 5.32 Å². The largest absolute Gasteiger partial charge is 0.307 e. The zero-order valence-electron chi connectivity index (χ0n) is 10.4. The molecular weight excluding hydrogens is 298 g/mol. The molecule has 1 amide bonds. The molecule has 0 spiro atoms. The van der Waals surface area contributed by atoms with E-state index >= 15 is 0 Å². The number of nitro benzene ring substituents is 1. The van der Waals surface area contributed by atoms with E-state index in [1.165, 1.54) is 30.5 Å². The second-order valence-electron chi connectivity index (χ2n) is 3.97. The number of nitro groups is 1. The van der Waals surface area contributed by atoms with Gasteiger partial charge in [-0.3, -0.25) is 19.7 Å². The van der Waals surface area contributed by atoms with Crippen LogP contribution in [0.4, 0.5) is 11.5 Å². The van der Waals surface area contributed by atoms with Crippen LogP contribution in [-0.2, 0) is 0 Å². The number of anilines is 1. The van der Waals surface area contributed by atoms with Gasteiger partial charge in [-0.05, 0) is 18.2 Å². The molecule has 0 fully saturated rings. The van der Waals surface area contributed by atoms with Crippen molar-refractivity contribution in [3.8, 4) is 0 Å². The Bertz CT molecular complexity index is 716. The number of nitrogens with zero attached hydrogens (tertiary/aromatic N) is 2. The fourth-order valence-electron chi connectivity index (χ4n) is 1.53. The van der Waals surface area contributed by atoms with E-state index in [1.807, 2.05) is 0 Å². The number of non-ortho nitro benzene ring substituents is 1. The van der Waals surface area contributed by atoms with Crippen LogP contribution in [0.5, 0.6) is 0 Å². The number of aldehydes is 1. The molecule has 2 rings (SSSR count). The SMILES string of the molecule is O=Cc1ccc(NC(=O)c2ccc([N+](=O)[O-])cc2Cl)nc1. The number of carbonyl (C=O) groups excluding carboxylic acids is 2. The Balaban J connectivity index is 2.19.